The van der Waals surface area contributed by atoms with Gasteiger partial charge in [0.15, 0.2) is 0 Å². The molecule has 0 bridgehead atoms. The van der Waals surface area contributed by atoms with E-state index in [1.165, 1.54) is 12.8 Å². The van der Waals surface area contributed by atoms with E-state index >= 15 is 0 Å². The summed E-state index contributed by atoms with van der Waals surface area (Å²) in [4.78, 5) is 0. The number of piperidine rings is 1. The van der Waals surface area contributed by atoms with E-state index in [2.05, 4.69) is 5.32 Å². The van der Waals surface area contributed by atoms with Gasteiger partial charge in [-0.1, -0.05) is 0 Å². The lowest BCUT2D eigenvalue weighted by molar-refractivity contribution is 0.109. The molecule has 2 atom stereocenters. The van der Waals surface area contributed by atoms with Crippen molar-refractivity contribution in [3.05, 3.63) is 0 Å². The molecule has 0 spiro atoms. The molecule has 0 aromatic rings. The van der Waals surface area contributed by atoms with Crippen LogP contribution in [0.15, 0.2) is 0 Å². The first kappa shape index (κ1) is 7.03. The summed E-state index contributed by atoms with van der Waals surface area (Å²) < 4.78 is 0. The molecular weight excluding hydrogens is 114 g/mol. The molecule has 0 aromatic heterocycles. The zero-order chi connectivity index (χ0) is 6.69. The van der Waals surface area contributed by atoms with E-state index in [-0.39, 0.29) is 6.10 Å². The molecule has 1 saturated heterocycles. The Kier molecular flexibility index (Phi) is 2.49. The second kappa shape index (κ2) is 3.18. The maximum atomic E-state index is 9.14. The number of rotatable bonds is 1. The van der Waals surface area contributed by atoms with Crippen molar-refractivity contribution in [2.24, 2.45) is 5.92 Å². The van der Waals surface area contributed by atoms with Gasteiger partial charge >= 0.3 is 0 Å². The van der Waals surface area contributed by atoms with Gasteiger partial charge in [-0.25, -0.2) is 0 Å². The fourth-order valence-electron chi connectivity index (χ4n) is 1.29. The normalized spacial score (nSPS) is 32.0. The van der Waals surface area contributed by atoms with Crippen molar-refractivity contribution in [2.75, 3.05) is 13.1 Å². The average molecular weight is 129 g/mol. The quantitative estimate of drug-likeness (QED) is 0.536. The Bertz CT molecular complexity index is 77.0. The van der Waals surface area contributed by atoms with Gasteiger partial charge in [0.1, 0.15) is 0 Å². The number of hydrogen-bond donors (Lipinski definition) is 2. The molecular formula is C7H15NO. The van der Waals surface area contributed by atoms with Crippen LogP contribution in [0.2, 0.25) is 0 Å². The summed E-state index contributed by atoms with van der Waals surface area (Å²) in [6, 6.07) is 0. The van der Waals surface area contributed by atoms with Crippen molar-refractivity contribution in [1.82, 2.24) is 5.32 Å². The van der Waals surface area contributed by atoms with Crippen molar-refractivity contribution in [3.8, 4) is 0 Å². The van der Waals surface area contributed by atoms with Gasteiger partial charge in [-0.2, -0.15) is 0 Å². The zero-order valence-corrected chi connectivity index (χ0v) is 5.93. The summed E-state index contributed by atoms with van der Waals surface area (Å²) in [5.41, 5.74) is 0. The van der Waals surface area contributed by atoms with Crippen LogP contribution in [0.4, 0.5) is 0 Å². The lowest BCUT2D eigenvalue weighted by atomic mass is 9.95. The van der Waals surface area contributed by atoms with Crippen molar-refractivity contribution >= 4 is 0 Å². The van der Waals surface area contributed by atoms with Gasteiger partial charge < -0.3 is 10.4 Å². The predicted molar refractivity (Wildman–Crippen MR) is 37.3 cm³/mol. The topological polar surface area (TPSA) is 32.3 Å². The molecule has 0 aliphatic carbocycles. The lowest BCUT2D eigenvalue weighted by Gasteiger charge is -2.24. The molecule has 2 heteroatoms. The monoisotopic (exact) mass is 129 g/mol. The molecule has 1 heterocycles. The Morgan fingerprint density at radius 1 is 1.67 bits per heavy atom. The van der Waals surface area contributed by atoms with Gasteiger partial charge in [0.25, 0.3) is 0 Å². The van der Waals surface area contributed by atoms with Crippen molar-refractivity contribution in [1.29, 1.82) is 0 Å². The Morgan fingerprint density at radius 3 is 2.78 bits per heavy atom. The molecule has 1 fully saturated rings. The van der Waals surface area contributed by atoms with Crippen molar-refractivity contribution in [3.63, 3.8) is 0 Å². The lowest BCUT2D eigenvalue weighted by Crippen LogP contribution is -2.35. The van der Waals surface area contributed by atoms with Gasteiger partial charge in [-0.05, 0) is 32.2 Å². The highest BCUT2D eigenvalue weighted by molar-refractivity contribution is 4.72. The van der Waals surface area contributed by atoms with E-state index in [0.29, 0.717) is 5.92 Å². The number of hydrogen-bond acceptors (Lipinski definition) is 2. The minimum atomic E-state index is -0.127. The van der Waals surface area contributed by atoms with Crippen LogP contribution in [0.3, 0.4) is 0 Å². The fraction of sp³-hybridized carbons (Fsp3) is 1.00. The third-order valence-electron chi connectivity index (χ3n) is 2.02. The highest BCUT2D eigenvalue weighted by Gasteiger charge is 2.16. The van der Waals surface area contributed by atoms with Gasteiger partial charge in [-0.3, -0.25) is 0 Å². The maximum Gasteiger partial charge on any atom is 0.0552 e. The first-order chi connectivity index (χ1) is 4.30. The summed E-state index contributed by atoms with van der Waals surface area (Å²) in [5, 5.41) is 12.4. The van der Waals surface area contributed by atoms with Crippen LogP contribution in [0.25, 0.3) is 0 Å². The standard InChI is InChI=1S/C7H15NO/c1-6(9)7-3-2-4-8-5-7/h6-9H,2-5H2,1H3/t6-,7-/m1/s1. The minimum absolute atomic E-state index is 0.127. The minimum Gasteiger partial charge on any atom is -0.393 e. The molecule has 54 valence electrons. The molecule has 0 saturated carbocycles. The molecule has 1 rings (SSSR count). The fourth-order valence-corrected chi connectivity index (χ4v) is 1.29. The first-order valence-electron chi connectivity index (χ1n) is 3.69. The second-order valence-electron chi connectivity index (χ2n) is 2.85. The zero-order valence-electron chi connectivity index (χ0n) is 5.93. The van der Waals surface area contributed by atoms with E-state index < -0.39 is 0 Å². The Hall–Kier alpha value is -0.0800. The molecule has 1 aliphatic rings. The summed E-state index contributed by atoms with van der Waals surface area (Å²) in [6.45, 7) is 4.00. The van der Waals surface area contributed by atoms with Crippen molar-refractivity contribution in [2.45, 2.75) is 25.9 Å². The number of aliphatic hydroxyl groups is 1. The average Bonchev–Trinajstić information content (AvgIpc) is 1.90. The van der Waals surface area contributed by atoms with Crippen LogP contribution in [-0.2, 0) is 0 Å². The van der Waals surface area contributed by atoms with E-state index in [4.69, 9.17) is 5.11 Å². The molecule has 2 nitrogen and oxygen atoms in total. The van der Waals surface area contributed by atoms with Crippen LogP contribution in [0.1, 0.15) is 19.8 Å². The molecule has 0 amide bonds. The Labute approximate surface area is 56.3 Å². The molecule has 9 heavy (non-hydrogen) atoms. The number of nitrogens with one attached hydrogen (secondary N) is 1. The molecule has 0 radical (unpaired) electrons. The van der Waals surface area contributed by atoms with Crippen LogP contribution < -0.4 is 5.32 Å². The summed E-state index contributed by atoms with van der Waals surface area (Å²) >= 11 is 0. The van der Waals surface area contributed by atoms with Gasteiger partial charge in [-0.15, -0.1) is 0 Å². The second-order valence-corrected chi connectivity index (χ2v) is 2.85. The van der Waals surface area contributed by atoms with E-state index in [0.717, 1.165) is 13.1 Å². The highest BCUT2D eigenvalue weighted by Crippen LogP contribution is 2.13. The highest BCUT2D eigenvalue weighted by atomic mass is 16.3. The summed E-state index contributed by atoms with van der Waals surface area (Å²) in [7, 11) is 0. The summed E-state index contributed by atoms with van der Waals surface area (Å²) in [6.07, 6.45) is 2.28. The van der Waals surface area contributed by atoms with Crippen molar-refractivity contribution < 1.29 is 5.11 Å². The molecule has 0 unspecified atom stereocenters. The van der Waals surface area contributed by atoms with Gasteiger partial charge in [0.05, 0.1) is 6.10 Å². The van der Waals surface area contributed by atoms with Crippen LogP contribution in [-0.4, -0.2) is 24.3 Å². The molecule has 1 aliphatic heterocycles. The van der Waals surface area contributed by atoms with Crippen LogP contribution in [0, 0.1) is 5.92 Å². The summed E-state index contributed by atoms with van der Waals surface area (Å²) in [5.74, 6) is 0.499. The molecule has 0 aromatic carbocycles. The molecule has 2 N–H and O–H groups in total. The SMILES string of the molecule is C[C@@H](O)[C@@H]1CCCNC1. The van der Waals surface area contributed by atoms with Gasteiger partial charge in [0.2, 0.25) is 0 Å². The first-order valence-corrected chi connectivity index (χ1v) is 3.69. The Balaban J connectivity index is 2.23. The third kappa shape index (κ3) is 1.95. The largest absolute Gasteiger partial charge is 0.393 e. The smallest absolute Gasteiger partial charge is 0.0552 e. The van der Waals surface area contributed by atoms with E-state index in [1.807, 2.05) is 6.92 Å². The predicted octanol–water partition coefficient (Wildman–Crippen LogP) is 0.367. The van der Waals surface area contributed by atoms with E-state index in [9.17, 15) is 0 Å². The maximum absolute atomic E-state index is 9.14. The Morgan fingerprint density at radius 2 is 2.44 bits per heavy atom. The third-order valence-corrected chi connectivity index (χ3v) is 2.02. The van der Waals surface area contributed by atoms with Crippen LogP contribution >= 0.6 is 0 Å². The van der Waals surface area contributed by atoms with Crippen LogP contribution in [0.5, 0.6) is 0 Å². The van der Waals surface area contributed by atoms with E-state index in [1.54, 1.807) is 0 Å². The number of aliphatic hydroxyl groups excluding tert-OH is 1. The van der Waals surface area contributed by atoms with Gasteiger partial charge in [0, 0.05) is 6.54 Å².